The molecule has 1 aromatic carbocycles. The molecule has 3 N–H and O–H groups in total. The number of hydrogen-bond acceptors (Lipinski definition) is 2. The molecule has 0 spiro atoms. The van der Waals surface area contributed by atoms with E-state index in [4.69, 9.17) is 16.7 Å². The summed E-state index contributed by atoms with van der Waals surface area (Å²) in [6.45, 7) is 4.24. The maximum absolute atomic E-state index is 11.6. The van der Waals surface area contributed by atoms with E-state index in [1.807, 2.05) is 19.9 Å². The van der Waals surface area contributed by atoms with Gasteiger partial charge in [-0.1, -0.05) is 23.3 Å². The summed E-state index contributed by atoms with van der Waals surface area (Å²) in [6, 6.07) is 3.67. The number of nitrogens with one attached hydrogen (secondary N) is 2. The van der Waals surface area contributed by atoms with Crippen LogP contribution in [0, 0.1) is 0 Å². The number of carboxylic acid groups (broad SMARTS) is 1. The van der Waals surface area contributed by atoms with E-state index in [-0.39, 0.29) is 16.3 Å². The molecule has 0 aromatic heterocycles. The highest BCUT2D eigenvalue weighted by atomic mass is 35.5. The fourth-order valence-electron chi connectivity index (χ4n) is 1.27. The largest absolute Gasteiger partial charge is 0.478 e. The Hall–Kier alpha value is -2.01. The fourth-order valence-corrected chi connectivity index (χ4v) is 1.43. The zero-order valence-electron chi connectivity index (χ0n) is 10.7. The molecule has 0 saturated heterocycles. The van der Waals surface area contributed by atoms with Crippen molar-refractivity contribution >= 4 is 29.3 Å². The molecule has 1 aromatic rings. The van der Waals surface area contributed by atoms with E-state index in [0.29, 0.717) is 6.54 Å². The first-order chi connectivity index (χ1) is 8.90. The third kappa shape index (κ3) is 5.01. The van der Waals surface area contributed by atoms with Crippen LogP contribution in [-0.2, 0) is 0 Å². The number of urea groups is 1. The van der Waals surface area contributed by atoms with Crippen LogP contribution >= 0.6 is 11.6 Å². The number of carbonyl (C=O) groups is 2. The SMILES string of the molecule is CC(C)=CCNC(=O)Nc1cc(C(=O)O)ccc1Cl. The summed E-state index contributed by atoms with van der Waals surface area (Å²) in [5.74, 6) is -1.08. The van der Waals surface area contributed by atoms with Crippen molar-refractivity contribution in [3.05, 3.63) is 40.4 Å². The van der Waals surface area contributed by atoms with Gasteiger partial charge >= 0.3 is 12.0 Å². The lowest BCUT2D eigenvalue weighted by Crippen LogP contribution is -2.29. The molecule has 0 radical (unpaired) electrons. The monoisotopic (exact) mass is 282 g/mol. The highest BCUT2D eigenvalue weighted by Gasteiger charge is 2.09. The van der Waals surface area contributed by atoms with Crippen molar-refractivity contribution in [3.8, 4) is 0 Å². The maximum atomic E-state index is 11.6. The number of anilines is 1. The first-order valence-electron chi connectivity index (χ1n) is 5.61. The zero-order valence-corrected chi connectivity index (χ0v) is 11.4. The number of hydrogen-bond donors (Lipinski definition) is 3. The minimum absolute atomic E-state index is 0.0593. The summed E-state index contributed by atoms with van der Waals surface area (Å²) in [5, 5.41) is 14.2. The fraction of sp³-hybridized carbons (Fsp3) is 0.231. The molecule has 0 unspecified atom stereocenters. The van der Waals surface area contributed by atoms with Gasteiger partial charge in [0.25, 0.3) is 0 Å². The zero-order chi connectivity index (χ0) is 14.4. The van der Waals surface area contributed by atoms with E-state index < -0.39 is 12.0 Å². The number of allylic oxidation sites excluding steroid dienone is 1. The lowest BCUT2D eigenvalue weighted by molar-refractivity contribution is 0.0697. The predicted molar refractivity (Wildman–Crippen MR) is 74.9 cm³/mol. The van der Waals surface area contributed by atoms with E-state index >= 15 is 0 Å². The van der Waals surface area contributed by atoms with Gasteiger partial charge in [-0.15, -0.1) is 0 Å². The number of benzene rings is 1. The lowest BCUT2D eigenvalue weighted by Gasteiger charge is -2.08. The standard InChI is InChI=1S/C13H15ClN2O3/c1-8(2)5-6-15-13(19)16-11-7-9(12(17)18)3-4-10(11)14/h3-5,7H,6H2,1-2H3,(H,17,18)(H2,15,16,19). The van der Waals surface area contributed by atoms with Crippen LogP contribution in [0.15, 0.2) is 29.8 Å². The third-order valence-corrected chi connectivity index (χ3v) is 2.56. The molecule has 0 saturated carbocycles. The van der Waals surface area contributed by atoms with E-state index in [0.717, 1.165) is 5.57 Å². The lowest BCUT2D eigenvalue weighted by atomic mass is 10.2. The average molecular weight is 283 g/mol. The van der Waals surface area contributed by atoms with Gasteiger partial charge in [0.15, 0.2) is 0 Å². The van der Waals surface area contributed by atoms with Gasteiger partial charge in [0.05, 0.1) is 16.3 Å². The molecule has 5 nitrogen and oxygen atoms in total. The second kappa shape index (κ2) is 6.80. The molecule has 6 heteroatoms. The summed E-state index contributed by atoms with van der Waals surface area (Å²) in [6.07, 6.45) is 1.86. The van der Waals surface area contributed by atoms with Gasteiger partial charge in [0.2, 0.25) is 0 Å². The number of halogens is 1. The van der Waals surface area contributed by atoms with Gasteiger partial charge in [-0.3, -0.25) is 0 Å². The Labute approximate surface area is 116 Å². The van der Waals surface area contributed by atoms with Gasteiger partial charge in [-0.05, 0) is 32.0 Å². The smallest absolute Gasteiger partial charge is 0.335 e. The molecule has 0 aliphatic heterocycles. The Morgan fingerprint density at radius 1 is 1.37 bits per heavy atom. The Morgan fingerprint density at radius 2 is 2.05 bits per heavy atom. The molecule has 2 amide bonds. The summed E-state index contributed by atoms with van der Waals surface area (Å²) in [5.41, 5.74) is 1.41. The van der Waals surface area contributed by atoms with E-state index in [2.05, 4.69) is 10.6 Å². The van der Waals surface area contributed by atoms with Crippen LogP contribution in [0.2, 0.25) is 5.02 Å². The number of amides is 2. The van der Waals surface area contributed by atoms with Crippen LogP contribution in [-0.4, -0.2) is 23.7 Å². The predicted octanol–water partition coefficient (Wildman–Crippen LogP) is 3.13. The molecule has 0 heterocycles. The van der Waals surface area contributed by atoms with Gasteiger partial charge in [0.1, 0.15) is 0 Å². The van der Waals surface area contributed by atoms with Crippen LogP contribution in [0.1, 0.15) is 24.2 Å². The number of carbonyl (C=O) groups excluding carboxylic acids is 1. The van der Waals surface area contributed by atoms with E-state index in [9.17, 15) is 9.59 Å². The molecule has 0 fully saturated rings. The highest BCUT2D eigenvalue weighted by Crippen LogP contribution is 2.22. The van der Waals surface area contributed by atoms with Crippen molar-refractivity contribution in [2.75, 3.05) is 11.9 Å². The van der Waals surface area contributed by atoms with Crippen molar-refractivity contribution in [1.29, 1.82) is 0 Å². The van der Waals surface area contributed by atoms with Gasteiger partial charge in [-0.2, -0.15) is 0 Å². The summed E-state index contributed by atoms with van der Waals surface area (Å²) in [4.78, 5) is 22.4. The molecular formula is C13H15ClN2O3. The molecule has 0 atom stereocenters. The molecule has 0 bridgehead atoms. The van der Waals surface area contributed by atoms with Crippen LogP contribution < -0.4 is 10.6 Å². The Bertz CT molecular complexity index is 523. The van der Waals surface area contributed by atoms with Gasteiger partial charge in [-0.25, -0.2) is 9.59 Å². The van der Waals surface area contributed by atoms with Gasteiger partial charge < -0.3 is 15.7 Å². The van der Waals surface area contributed by atoms with Gasteiger partial charge in [0, 0.05) is 6.54 Å². The summed E-state index contributed by atoms with van der Waals surface area (Å²) >= 11 is 5.88. The third-order valence-electron chi connectivity index (χ3n) is 2.23. The van der Waals surface area contributed by atoms with Crippen molar-refractivity contribution < 1.29 is 14.7 Å². The Morgan fingerprint density at radius 3 is 2.63 bits per heavy atom. The minimum Gasteiger partial charge on any atom is -0.478 e. The molecular weight excluding hydrogens is 268 g/mol. The van der Waals surface area contributed by atoms with Crippen LogP contribution in [0.25, 0.3) is 0 Å². The quantitative estimate of drug-likeness (QED) is 0.742. The number of rotatable bonds is 4. The Kier molecular flexibility index (Phi) is 5.38. The van der Waals surface area contributed by atoms with Crippen molar-refractivity contribution in [1.82, 2.24) is 5.32 Å². The first kappa shape index (κ1) is 15.0. The maximum Gasteiger partial charge on any atom is 0.335 e. The first-order valence-corrected chi connectivity index (χ1v) is 5.99. The molecule has 102 valence electrons. The highest BCUT2D eigenvalue weighted by molar-refractivity contribution is 6.33. The van der Waals surface area contributed by atoms with E-state index in [1.165, 1.54) is 18.2 Å². The summed E-state index contributed by atoms with van der Waals surface area (Å²) in [7, 11) is 0. The number of aromatic carboxylic acids is 1. The second-order valence-corrected chi connectivity index (χ2v) is 4.52. The molecule has 0 aliphatic rings. The molecule has 0 aliphatic carbocycles. The molecule has 19 heavy (non-hydrogen) atoms. The molecule has 1 rings (SSSR count). The van der Waals surface area contributed by atoms with Crippen LogP contribution in [0.3, 0.4) is 0 Å². The van der Waals surface area contributed by atoms with Crippen molar-refractivity contribution in [3.63, 3.8) is 0 Å². The van der Waals surface area contributed by atoms with Crippen molar-refractivity contribution in [2.45, 2.75) is 13.8 Å². The normalized spacial score (nSPS) is 9.63. The van der Waals surface area contributed by atoms with Crippen LogP contribution in [0.4, 0.5) is 10.5 Å². The van der Waals surface area contributed by atoms with Crippen molar-refractivity contribution in [2.24, 2.45) is 0 Å². The average Bonchev–Trinajstić information content (AvgIpc) is 2.31. The topological polar surface area (TPSA) is 78.4 Å². The van der Waals surface area contributed by atoms with Crippen LogP contribution in [0.5, 0.6) is 0 Å². The number of carboxylic acids is 1. The summed E-state index contributed by atoms with van der Waals surface area (Å²) < 4.78 is 0. The Balaban J connectivity index is 2.70. The second-order valence-electron chi connectivity index (χ2n) is 4.12. The minimum atomic E-state index is -1.08. The van der Waals surface area contributed by atoms with E-state index in [1.54, 1.807) is 0 Å².